The molecular weight excluding hydrogens is 736 g/mol. The number of Topliss-reactive ketones (excluding diaryl/α,β-unsaturated/α-hetero) is 1. The molecule has 0 saturated carbocycles. The van der Waals surface area contributed by atoms with Crippen LogP contribution in [-0.2, 0) is 23.8 Å². The molecule has 4 heterocycles. The normalized spacial score (nSPS) is 33.4. The number of carbonyl (C=O) groups excluding carboxylic acids is 3. The number of aliphatic hydroxyl groups is 3. The van der Waals surface area contributed by atoms with Gasteiger partial charge in [0.05, 0.1) is 53.4 Å². The van der Waals surface area contributed by atoms with Gasteiger partial charge in [0.1, 0.15) is 17.6 Å². The molecule has 0 radical (unpaired) electrons. The van der Waals surface area contributed by atoms with Crippen LogP contribution in [-0.4, -0.2) is 99.2 Å². The third-order valence-corrected chi connectivity index (χ3v) is 12.0. The van der Waals surface area contributed by atoms with E-state index in [9.17, 15) is 39.9 Å². The lowest BCUT2D eigenvalue weighted by Crippen LogP contribution is -2.46. The van der Waals surface area contributed by atoms with Crippen LogP contribution in [0, 0.1) is 30.6 Å². The van der Waals surface area contributed by atoms with Gasteiger partial charge in [-0.1, -0.05) is 45.9 Å². The minimum Gasteiger partial charge on any atom is -0.507 e. The molecule has 2 unspecified atom stereocenters. The number of ketones is 1. The number of amides is 1. The second-order valence-electron chi connectivity index (χ2n) is 16.1. The Balaban J connectivity index is 1.72. The third kappa shape index (κ3) is 8.23. The Morgan fingerprint density at radius 3 is 2.33 bits per heavy atom. The molecular formula is C43H58N2O12. The Kier molecular flexibility index (Phi) is 13.0. The number of hydrogen-bond donors (Lipinski definition) is 6. The maximum Gasteiger partial charge on any atom is 0.312 e. The zero-order valence-corrected chi connectivity index (χ0v) is 34.4. The number of phenols is 2. The molecule has 0 aromatic heterocycles. The Hall–Kier alpha value is -4.63. The molecule has 6 N–H and O–H groups in total. The topological polar surface area (TPSA) is 205 Å². The van der Waals surface area contributed by atoms with Crippen molar-refractivity contribution in [3.8, 4) is 17.2 Å². The smallest absolute Gasteiger partial charge is 0.312 e. The minimum absolute atomic E-state index is 0.0274. The number of esters is 1. The van der Waals surface area contributed by atoms with Crippen molar-refractivity contribution in [3.63, 3.8) is 0 Å². The summed E-state index contributed by atoms with van der Waals surface area (Å²) in [7, 11) is 1.46. The molecule has 14 nitrogen and oxygen atoms in total. The van der Waals surface area contributed by atoms with Crippen molar-refractivity contribution in [2.75, 3.05) is 23.9 Å². The van der Waals surface area contributed by atoms with Gasteiger partial charge in [-0.05, 0) is 45.8 Å². The van der Waals surface area contributed by atoms with E-state index in [2.05, 4.69) is 5.32 Å². The van der Waals surface area contributed by atoms with Gasteiger partial charge in [0.2, 0.25) is 0 Å². The first-order valence-corrected chi connectivity index (χ1v) is 19.6. The molecule has 11 atom stereocenters. The molecule has 14 heteroatoms. The van der Waals surface area contributed by atoms with Crippen LogP contribution in [0.5, 0.6) is 17.2 Å². The average Bonchev–Trinajstić information content (AvgIpc) is 3.76. The summed E-state index contributed by atoms with van der Waals surface area (Å²) in [6, 6.07) is 1.15. The number of benzene rings is 2. The summed E-state index contributed by atoms with van der Waals surface area (Å²) in [5.41, 5.74) is 0.807. The van der Waals surface area contributed by atoms with Gasteiger partial charge in [-0.15, -0.1) is 0 Å². The predicted molar refractivity (Wildman–Crippen MR) is 214 cm³/mol. The van der Waals surface area contributed by atoms with Crippen LogP contribution < -0.4 is 15.0 Å². The van der Waals surface area contributed by atoms with E-state index in [0.29, 0.717) is 25.1 Å². The van der Waals surface area contributed by atoms with E-state index < -0.39 is 83.4 Å². The molecule has 57 heavy (non-hydrogen) atoms. The molecule has 4 aliphatic rings. The summed E-state index contributed by atoms with van der Waals surface area (Å²) >= 11 is 0. The lowest BCUT2D eigenvalue weighted by atomic mass is 9.78. The Morgan fingerprint density at radius 1 is 1.02 bits per heavy atom. The number of methoxy groups -OCH3 is 1. The zero-order chi connectivity index (χ0) is 42.3. The van der Waals surface area contributed by atoms with E-state index in [0.717, 1.165) is 0 Å². The number of fused-ring (bicyclic) bond motifs is 14. The van der Waals surface area contributed by atoms with Crippen molar-refractivity contribution < 1.29 is 58.9 Å². The summed E-state index contributed by atoms with van der Waals surface area (Å²) in [5, 5.41) is 60.0. The van der Waals surface area contributed by atoms with Gasteiger partial charge in [0.25, 0.3) is 11.7 Å². The van der Waals surface area contributed by atoms with Crippen molar-refractivity contribution in [2.24, 2.45) is 23.7 Å². The fourth-order valence-corrected chi connectivity index (χ4v) is 8.47. The number of hydrogen-bond acceptors (Lipinski definition) is 13. The number of nitrogens with zero attached hydrogens (tertiary/aromatic N) is 1. The third-order valence-electron chi connectivity index (χ3n) is 12.0. The Bertz CT molecular complexity index is 1970. The SMILES string of the molecule is CO[C@H]1C=CO[C@@]2(C)Oc3c(C)c(O)c4c(O)c(cc(N5CCCC5C(C)O)c4c3C2=O)NC(=O)/C(C)=C\C=C\[C@H](C)[C@H](O)[C@@H](C)[C@@H](O)[C@@H](C)[C@H](OC(C)=O)[C@@H]1C. The maximum atomic E-state index is 14.6. The van der Waals surface area contributed by atoms with Gasteiger partial charge in [-0.25, -0.2) is 0 Å². The van der Waals surface area contributed by atoms with Crippen LogP contribution >= 0.6 is 0 Å². The van der Waals surface area contributed by atoms with E-state index in [-0.39, 0.29) is 50.7 Å². The molecule has 1 saturated heterocycles. The van der Waals surface area contributed by atoms with E-state index in [1.807, 2.05) is 4.90 Å². The Labute approximate surface area is 333 Å². The fourth-order valence-electron chi connectivity index (χ4n) is 8.47. The molecule has 0 aliphatic carbocycles. The Morgan fingerprint density at radius 2 is 1.70 bits per heavy atom. The van der Waals surface area contributed by atoms with Gasteiger partial charge in [0.15, 0.2) is 5.75 Å². The first-order chi connectivity index (χ1) is 26.7. The van der Waals surface area contributed by atoms with Gasteiger partial charge >= 0.3 is 11.8 Å². The molecule has 1 amide bonds. The summed E-state index contributed by atoms with van der Waals surface area (Å²) in [6.07, 6.45) is 4.44. The van der Waals surface area contributed by atoms with Gasteiger partial charge < -0.3 is 54.7 Å². The molecule has 4 aliphatic heterocycles. The lowest BCUT2D eigenvalue weighted by Gasteiger charge is -2.38. The number of nitrogens with one attached hydrogen (secondary N) is 1. The zero-order valence-electron chi connectivity index (χ0n) is 34.4. The molecule has 0 spiro atoms. The average molecular weight is 795 g/mol. The highest BCUT2D eigenvalue weighted by atomic mass is 16.7. The van der Waals surface area contributed by atoms with Crippen LogP contribution in [0.3, 0.4) is 0 Å². The lowest BCUT2D eigenvalue weighted by molar-refractivity contribution is -0.160. The highest BCUT2D eigenvalue weighted by Crippen LogP contribution is 2.54. The molecule has 6 rings (SSSR count). The molecule has 312 valence electrons. The molecule has 5 bridgehead atoms. The van der Waals surface area contributed by atoms with E-state index in [1.165, 1.54) is 39.4 Å². The summed E-state index contributed by atoms with van der Waals surface area (Å²) in [4.78, 5) is 42.5. The van der Waals surface area contributed by atoms with Crippen LogP contribution in [0.2, 0.25) is 0 Å². The van der Waals surface area contributed by atoms with Crippen molar-refractivity contribution in [1.82, 2.24) is 0 Å². The highest BCUT2D eigenvalue weighted by Gasteiger charge is 2.50. The largest absolute Gasteiger partial charge is 0.507 e. The minimum atomic E-state index is -1.95. The number of phenolic OH excluding ortho intramolecular Hbond substituents is 2. The van der Waals surface area contributed by atoms with Gasteiger partial charge in [0, 0.05) is 73.4 Å². The van der Waals surface area contributed by atoms with Crippen LogP contribution in [0.1, 0.15) is 84.2 Å². The first kappa shape index (κ1) is 43.5. The number of aliphatic hydroxyl groups excluding tert-OH is 3. The number of carbonyl (C=O) groups is 3. The monoisotopic (exact) mass is 794 g/mol. The van der Waals surface area contributed by atoms with Crippen molar-refractivity contribution >= 4 is 39.8 Å². The maximum absolute atomic E-state index is 14.6. The van der Waals surface area contributed by atoms with E-state index in [1.54, 1.807) is 66.7 Å². The van der Waals surface area contributed by atoms with Crippen LogP contribution in [0.15, 0.2) is 42.2 Å². The van der Waals surface area contributed by atoms with Gasteiger partial charge in [-0.2, -0.15) is 0 Å². The number of rotatable bonds is 4. The quantitative estimate of drug-likeness (QED) is 0.170. The van der Waals surface area contributed by atoms with Crippen molar-refractivity contribution in [1.29, 1.82) is 0 Å². The van der Waals surface area contributed by atoms with E-state index >= 15 is 0 Å². The fraction of sp³-hybridized carbons (Fsp3) is 0.558. The highest BCUT2D eigenvalue weighted by molar-refractivity contribution is 6.23. The first-order valence-electron chi connectivity index (χ1n) is 19.6. The molecule has 2 aromatic carbocycles. The standard InChI is InChI=1S/C43H58N2O12/c1-20-13-11-14-21(2)42(53)44-28-19-30(45-17-12-15-29(45)26(7)46)32-33(38(28)51)37(50)25(6)40-34(32)41(52)43(9,57-40)55-18-16-31(54-10)22(3)39(56-27(8)47)24(5)36(49)23(4)35(20)48/h11,13-14,16,18-20,22-24,26,29,31,35-36,39,46,48-51H,12,15,17H2,1-10H3,(H,44,53)/b13-11+,18-16?,21-14-/t20-,22+,23+,24+,26?,29?,31-,35-,36+,39+,43-/m0/s1. The molecule has 1 fully saturated rings. The number of anilines is 2. The predicted octanol–water partition coefficient (Wildman–Crippen LogP) is 5.40. The summed E-state index contributed by atoms with van der Waals surface area (Å²) < 4.78 is 23.8. The molecule has 2 aromatic rings. The van der Waals surface area contributed by atoms with Crippen molar-refractivity contribution in [3.05, 3.63) is 53.3 Å². The van der Waals surface area contributed by atoms with E-state index in [4.69, 9.17) is 18.9 Å². The number of ether oxygens (including phenoxy) is 4. The number of aromatic hydroxyl groups is 2. The van der Waals surface area contributed by atoms with Crippen molar-refractivity contribution in [2.45, 2.75) is 118 Å². The second-order valence-corrected chi connectivity index (χ2v) is 16.1. The number of allylic oxidation sites excluding steroid dienone is 2. The van der Waals surface area contributed by atoms with Crippen LogP contribution in [0.4, 0.5) is 11.4 Å². The van der Waals surface area contributed by atoms with Crippen LogP contribution in [0.25, 0.3) is 10.8 Å². The second kappa shape index (κ2) is 17.1. The summed E-state index contributed by atoms with van der Waals surface area (Å²) in [5.74, 6) is -6.89. The summed E-state index contributed by atoms with van der Waals surface area (Å²) in [6.45, 7) is 14.9. The van der Waals surface area contributed by atoms with Gasteiger partial charge in [-0.3, -0.25) is 14.4 Å².